The van der Waals surface area contributed by atoms with Crippen LogP contribution in [0.1, 0.15) is 0 Å². The minimum absolute atomic E-state index is 0.00730. The first-order valence-corrected chi connectivity index (χ1v) is 9.35. The highest BCUT2D eigenvalue weighted by molar-refractivity contribution is 5.88. The molecule has 31 heavy (non-hydrogen) atoms. The van der Waals surface area contributed by atoms with Crippen LogP contribution in [0.5, 0.6) is 17.2 Å². The molecule has 0 spiro atoms. The van der Waals surface area contributed by atoms with Crippen molar-refractivity contribution in [3.05, 3.63) is 52.9 Å². The Kier molecular flexibility index (Phi) is 5.56. The molecule has 0 radical (unpaired) electrons. The normalized spacial score (nSPS) is 26.1. The number of rotatable bonds is 4. The highest BCUT2D eigenvalue weighted by Crippen LogP contribution is 2.32. The molecule has 0 amide bonds. The summed E-state index contributed by atoms with van der Waals surface area (Å²) in [6, 6.07) is 8.29. The van der Waals surface area contributed by atoms with E-state index < -0.39 is 48.5 Å². The molecule has 1 aromatic heterocycles. The smallest absolute Gasteiger partial charge is 0.229 e. The van der Waals surface area contributed by atoms with E-state index in [1.54, 1.807) is 0 Å². The van der Waals surface area contributed by atoms with E-state index in [2.05, 4.69) is 0 Å². The maximum absolute atomic E-state index is 12.9. The van der Waals surface area contributed by atoms with E-state index in [0.29, 0.717) is 5.56 Å². The molecular weight excluding hydrogens is 412 g/mol. The number of fused-ring (bicyclic) bond motifs is 1. The van der Waals surface area contributed by atoms with Gasteiger partial charge in [0.25, 0.3) is 0 Å². The number of aromatic hydroxyl groups is 2. The molecule has 0 saturated carbocycles. The first-order valence-electron chi connectivity index (χ1n) is 9.35. The Labute approximate surface area is 174 Å². The molecule has 2 heterocycles. The third-order valence-electron chi connectivity index (χ3n) is 5.11. The van der Waals surface area contributed by atoms with Gasteiger partial charge < -0.3 is 44.5 Å². The topological polar surface area (TPSA) is 170 Å². The molecule has 4 rings (SSSR count). The molecule has 164 valence electrons. The molecule has 0 bridgehead atoms. The molecule has 5 atom stereocenters. The third kappa shape index (κ3) is 3.82. The number of hydrogen-bond acceptors (Lipinski definition) is 10. The van der Waals surface area contributed by atoms with E-state index in [0.717, 1.165) is 6.07 Å². The van der Waals surface area contributed by atoms with Gasteiger partial charge in [0.15, 0.2) is 0 Å². The largest absolute Gasteiger partial charge is 0.508 e. The van der Waals surface area contributed by atoms with Crippen molar-refractivity contribution in [1.29, 1.82) is 0 Å². The van der Waals surface area contributed by atoms with Gasteiger partial charge in [0, 0.05) is 12.1 Å². The first-order chi connectivity index (χ1) is 14.8. The quantitative estimate of drug-likeness (QED) is 0.331. The lowest BCUT2D eigenvalue weighted by Crippen LogP contribution is -2.60. The van der Waals surface area contributed by atoms with Crippen molar-refractivity contribution in [2.75, 3.05) is 6.61 Å². The van der Waals surface area contributed by atoms with Crippen LogP contribution in [0.3, 0.4) is 0 Å². The van der Waals surface area contributed by atoms with Crippen LogP contribution in [0.4, 0.5) is 0 Å². The van der Waals surface area contributed by atoms with Crippen LogP contribution in [-0.4, -0.2) is 68.0 Å². The maximum Gasteiger partial charge on any atom is 0.229 e. The van der Waals surface area contributed by atoms with Crippen molar-refractivity contribution in [2.45, 2.75) is 30.7 Å². The predicted molar refractivity (Wildman–Crippen MR) is 106 cm³/mol. The third-order valence-corrected chi connectivity index (χ3v) is 5.11. The molecule has 1 aliphatic heterocycles. The van der Waals surface area contributed by atoms with Gasteiger partial charge in [-0.2, -0.15) is 0 Å². The summed E-state index contributed by atoms with van der Waals surface area (Å²) in [5, 5.41) is 58.8. The Morgan fingerprint density at radius 1 is 0.968 bits per heavy atom. The predicted octanol–water partition coefficient (Wildman–Crippen LogP) is 0.0499. The van der Waals surface area contributed by atoms with Crippen LogP contribution in [-0.2, 0) is 4.74 Å². The number of hydrogen-bond donors (Lipinski definition) is 6. The molecule has 10 nitrogen and oxygen atoms in total. The molecule has 6 N–H and O–H groups in total. The standard InChI is InChI=1S/C21H20O10/c22-7-15-18(26)19(27)20(28)21(31-15)30-11-5-13(24)16-14(6-11)29-8-12(17(16)25)9-1-3-10(23)4-2-9/h1-6,8,15,18-24,26-28H,7H2/t15-,18-,19+,20-,21+/m0/s1. The summed E-state index contributed by atoms with van der Waals surface area (Å²) in [6.07, 6.45) is -6.23. The average molecular weight is 432 g/mol. The first kappa shape index (κ1) is 21.1. The monoisotopic (exact) mass is 432 g/mol. The molecule has 1 fully saturated rings. The minimum atomic E-state index is -1.64. The van der Waals surface area contributed by atoms with Crippen molar-refractivity contribution < 1.29 is 44.5 Å². The molecule has 10 heteroatoms. The number of phenols is 2. The Hall–Kier alpha value is -3.15. The fourth-order valence-electron chi connectivity index (χ4n) is 3.41. The van der Waals surface area contributed by atoms with Crippen LogP contribution in [0.2, 0.25) is 0 Å². The number of phenolic OH excluding ortho intramolecular Hbond substituents is 2. The van der Waals surface area contributed by atoms with Crippen LogP contribution >= 0.6 is 0 Å². The van der Waals surface area contributed by atoms with E-state index in [9.17, 15) is 35.4 Å². The second-order valence-corrected chi connectivity index (χ2v) is 7.16. The number of aliphatic hydroxyl groups is 4. The van der Waals surface area contributed by atoms with E-state index in [-0.39, 0.29) is 28.0 Å². The molecule has 0 aliphatic carbocycles. The summed E-state index contributed by atoms with van der Waals surface area (Å²) in [4.78, 5) is 12.9. The maximum atomic E-state index is 12.9. The molecule has 1 saturated heterocycles. The second-order valence-electron chi connectivity index (χ2n) is 7.16. The zero-order valence-electron chi connectivity index (χ0n) is 16.0. The highest BCUT2D eigenvalue weighted by atomic mass is 16.7. The van der Waals surface area contributed by atoms with E-state index in [1.807, 2.05) is 0 Å². The summed E-state index contributed by atoms with van der Waals surface area (Å²) in [5.74, 6) is -0.465. The lowest BCUT2D eigenvalue weighted by atomic mass is 9.99. The van der Waals surface area contributed by atoms with E-state index in [4.69, 9.17) is 13.9 Å². The van der Waals surface area contributed by atoms with Gasteiger partial charge in [-0.15, -0.1) is 0 Å². The fourth-order valence-corrected chi connectivity index (χ4v) is 3.41. The van der Waals surface area contributed by atoms with Crippen LogP contribution in [0, 0.1) is 0 Å². The number of ether oxygens (including phenoxy) is 2. The van der Waals surface area contributed by atoms with Gasteiger partial charge in [0.05, 0.1) is 12.2 Å². The summed E-state index contributed by atoms with van der Waals surface area (Å²) in [6.45, 7) is -0.622. The Morgan fingerprint density at radius 3 is 2.35 bits per heavy atom. The Morgan fingerprint density at radius 2 is 1.68 bits per heavy atom. The fraction of sp³-hybridized carbons (Fsp3) is 0.286. The Bertz CT molecular complexity index is 1140. The van der Waals surface area contributed by atoms with E-state index in [1.165, 1.54) is 36.6 Å². The zero-order valence-corrected chi connectivity index (χ0v) is 16.0. The van der Waals surface area contributed by atoms with Gasteiger partial charge in [-0.1, -0.05) is 12.1 Å². The van der Waals surface area contributed by atoms with Gasteiger partial charge in [0.1, 0.15) is 58.9 Å². The van der Waals surface area contributed by atoms with Crippen molar-refractivity contribution >= 4 is 11.0 Å². The van der Waals surface area contributed by atoms with Crippen molar-refractivity contribution in [3.8, 4) is 28.4 Å². The van der Waals surface area contributed by atoms with Crippen LogP contribution < -0.4 is 10.2 Å². The average Bonchev–Trinajstić information content (AvgIpc) is 2.75. The highest BCUT2D eigenvalue weighted by Gasteiger charge is 2.44. The molecule has 2 aromatic carbocycles. The molecular formula is C21H20O10. The molecule has 0 unspecified atom stereocenters. The second kappa shape index (κ2) is 8.17. The zero-order chi connectivity index (χ0) is 22.3. The van der Waals surface area contributed by atoms with E-state index >= 15 is 0 Å². The summed E-state index contributed by atoms with van der Waals surface area (Å²) in [5.41, 5.74) is 0.135. The van der Waals surface area contributed by atoms with Crippen molar-refractivity contribution in [2.24, 2.45) is 0 Å². The summed E-state index contributed by atoms with van der Waals surface area (Å²) >= 11 is 0. The van der Waals surface area contributed by atoms with Gasteiger partial charge in [-0.3, -0.25) is 4.79 Å². The Balaban J connectivity index is 1.68. The summed E-state index contributed by atoms with van der Waals surface area (Å²) < 4.78 is 16.2. The summed E-state index contributed by atoms with van der Waals surface area (Å²) in [7, 11) is 0. The lowest BCUT2D eigenvalue weighted by molar-refractivity contribution is -0.277. The van der Waals surface area contributed by atoms with Gasteiger partial charge in [-0.05, 0) is 17.7 Å². The van der Waals surface area contributed by atoms with Crippen LogP contribution in [0.15, 0.2) is 51.9 Å². The molecule has 1 aliphatic rings. The lowest BCUT2D eigenvalue weighted by Gasteiger charge is -2.39. The van der Waals surface area contributed by atoms with Gasteiger partial charge in [-0.25, -0.2) is 0 Å². The van der Waals surface area contributed by atoms with Crippen molar-refractivity contribution in [1.82, 2.24) is 0 Å². The van der Waals surface area contributed by atoms with Gasteiger partial charge in [0.2, 0.25) is 11.7 Å². The minimum Gasteiger partial charge on any atom is -0.508 e. The SMILES string of the molecule is O=c1c(-c2ccc(O)cc2)coc2cc(O[C@@H]3O[C@@H](CO)[C@H](O)[C@@H](O)[C@@H]3O)cc(O)c12. The number of benzene rings is 2. The molecule has 3 aromatic rings. The number of aliphatic hydroxyl groups excluding tert-OH is 4. The van der Waals surface area contributed by atoms with Crippen LogP contribution in [0.25, 0.3) is 22.1 Å². The van der Waals surface area contributed by atoms with Gasteiger partial charge >= 0.3 is 0 Å². The van der Waals surface area contributed by atoms with Crippen molar-refractivity contribution in [3.63, 3.8) is 0 Å².